The van der Waals surface area contributed by atoms with Crippen LogP contribution >= 0.6 is 0 Å². The molecule has 0 saturated carbocycles. The molecule has 29 heavy (non-hydrogen) atoms. The lowest BCUT2D eigenvalue weighted by atomic mass is 10.2. The van der Waals surface area contributed by atoms with Crippen molar-refractivity contribution in [2.75, 3.05) is 19.8 Å². The van der Waals surface area contributed by atoms with Crippen LogP contribution in [-0.4, -0.2) is 49.7 Å². The number of hydrogen-bond donors (Lipinski definition) is 1. The summed E-state index contributed by atoms with van der Waals surface area (Å²) in [6.45, 7) is 3.53. The molecule has 0 bridgehead atoms. The van der Waals surface area contributed by atoms with E-state index in [9.17, 15) is 13.2 Å². The van der Waals surface area contributed by atoms with Crippen LogP contribution in [0.5, 0.6) is 5.75 Å². The topological polar surface area (TPSA) is 93.1 Å². The minimum Gasteiger partial charge on any atom is -0.494 e. The molecular weight excluding hydrogens is 394 g/mol. The van der Waals surface area contributed by atoms with Crippen LogP contribution in [-0.2, 0) is 21.3 Å². The summed E-state index contributed by atoms with van der Waals surface area (Å²) in [6, 6.07) is 12.6. The maximum atomic E-state index is 13.3. The van der Waals surface area contributed by atoms with Gasteiger partial charge in [-0.15, -0.1) is 0 Å². The van der Waals surface area contributed by atoms with Crippen LogP contribution in [0.2, 0.25) is 0 Å². The molecule has 0 aliphatic carbocycles. The molecule has 2 aromatic rings. The second-order valence-electron chi connectivity index (χ2n) is 6.84. The number of benzene rings is 2. The summed E-state index contributed by atoms with van der Waals surface area (Å²) in [7, 11) is -3.82. The first-order chi connectivity index (χ1) is 13.9. The summed E-state index contributed by atoms with van der Waals surface area (Å²) < 4.78 is 39.0. The number of hydrogen-bond acceptors (Lipinski definition) is 5. The number of carboxylic acids is 1. The Bertz CT molecular complexity index is 919. The number of rotatable bonds is 9. The van der Waals surface area contributed by atoms with E-state index in [1.807, 2.05) is 31.2 Å². The van der Waals surface area contributed by atoms with Crippen molar-refractivity contribution >= 4 is 16.0 Å². The van der Waals surface area contributed by atoms with Crippen LogP contribution in [0.3, 0.4) is 0 Å². The molecule has 0 spiro atoms. The van der Waals surface area contributed by atoms with Gasteiger partial charge in [-0.25, -0.2) is 13.2 Å². The van der Waals surface area contributed by atoms with Crippen molar-refractivity contribution in [3.8, 4) is 5.75 Å². The largest absolute Gasteiger partial charge is 0.494 e. The molecule has 1 unspecified atom stereocenters. The van der Waals surface area contributed by atoms with E-state index in [4.69, 9.17) is 14.6 Å². The Balaban J connectivity index is 1.85. The molecule has 1 saturated heterocycles. The number of carboxylic acid groups (broad SMARTS) is 1. The van der Waals surface area contributed by atoms with Crippen molar-refractivity contribution in [3.63, 3.8) is 0 Å². The normalized spacial score (nSPS) is 16.8. The van der Waals surface area contributed by atoms with Crippen LogP contribution in [0.1, 0.15) is 35.7 Å². The van der Waals surface area contributed by atoms with Gasteiger partial charge >= 0.3 is 5.97 Å². The second-order valence-corrected chi connectivity index (χ2v) is 8.78. The molecule has 0 radical (unpaired) electrons. The summed E-state index contributed by atoms with van der Waals surface area (Å²) in [4.78, 5) is 11.1. The number of nitrogens with zero attached hydrogens (tertiary/aromatic N) is 1. The molecule has 1 aliphatic heterocycles. The van der Waals surface area contributed by atoms with Crippen molar-refractivity contribution in [1.82, 2.24) is 4.31 Å². The minimum absolute atomic E-state index is 0.0427. The molecule has 0 amide bonds. The van der Waals surface area contributed by atoms with Gasteiger partial charge in [0, 0.05) is 19.7 Å². The lowest BCUT2D eigenvalue weighted by Crippen LogP contribution is -2.37. The van der Waals surface area contributed by atoms with Gasteiger partial charge in [-0.1, -0.05) is 12.1 Å². The smallest absolute Gasteiger partial charge is 0.335 e. The van der Waals surface area contributed by atoms with Gasteiger partial charge in [0.05, 0.1) is 23.2 Å². The molecular formula is C21H25NO6S. The second kappa shape index (κ2) is 9.39. The molecule has 7 nitrogen and oxygen atoms in total. The number of aromatic carboxylic acids is 1. The maximum absolute atomic E-state index is 13.3. The molecule has 0 aromatic heterocycles. The van der Waals surface area contributed by atoms with Gasteiger partial charge in [-0.3, -0.25) is 0 Å². The standard InChI is InChI=1S/C21H25NO6S/c1-2-27-18-9-5-16(6-10-18)14-22(15-19-4-3-13-28-19)29(25,26)20-11-7-17(8-12-20)21(23)24/h5-12,19H,2-4,13-15H2,1H3,(H,23,24). The summed E-state index contributed by atoms with van der Waals surface area (Å²) in [5, 5.41) is 9.05. The summed E-state index contributed by atoms with van der Waals surface area (Å²) in [5.74, 6) is -0.367. The first-order valence-corrected chi connectivity index (χ1v) is 11.0. The van der Waals surface area contributed by atoms with Gasteiger partial charge in [0.2, 0.25) is 10.0 Å². The lowest BCUT2D eigenvalue weighted by Gasteiger charge is -2.25. The Morgan fingerprint density at radius 3 is 2.41 bits per heavy atom. The Labute approximate surface area is 170 Å². The fourth-order valence-electron chi connectivity index (χ4n) is 3.24. The molecule has 156 valence electrons. The fraction of sp³-hybridized carbons (Fsp3) is 0.381. The monoisotopic (exact) mass is 419 g/mol. The number of ether oxygens (including phenoxy) is 2. The Morgan fingerprint density at radius 2 is 1.86 bits per heavy atom. The molecule has 1 heterocycles. The zero-order chi connectivity index (χ0) is 20.9. The van der Waals surface area contributed by atoms with Crippen molar-refractivity contribution in [2.45, 2.75) is 37.3 Å². The molecule has 1 aliphatic rings. The highest BCUT2D eigenvalue weighted by molar-refractivity contribution is 7.89. The zero-order valence-electron chi connectivity index (χ0n) is 16.3. The lowest BCUT2D eigenvalue weighted by molar-refractivity contribution is 0.0696. The first kappa shape index (κ1) is 21.3. The number of sulfonamides is 1. The highest BCUT2D eigenvalue weighted by Crippen LogP contribution is 2.23. The highest BCUT2D eigenvalue weighted by Gasteiger charge is 2.29. The third kappa shape index (κ3) is 5.35. The van der Waals surface area contributed by atoms with Crippen LogP contribution in [0.4, 0.5) is 0 Å². The Hall–Kier alpha value is -2.42. The van der Waals surface area contributed by atoms with E-state index < -0.39 is 16.0 Å². The predicted octanol–water partition coefficient (Wildman–Crippen LogP) is 3.15. The maximum Gasteiger partial charge on any atom is 0.335 e. The fourth-order valence-corrected chi connectivity index (χ4v) is 4.70. The molecule has 2 aromatic carbocycles. The van der Waals surface area contributed by atoms with E-state index in [-0.39, 0.29) is 29.7 Å². The third-order valence-corrected chi connectivity index (χ3v) is 6.59. The van der Waals surface area contributed by atoms with Gasteiger partial charge in [0.15, 0.2) is 0 Å². The minimum atomic E-state index is -3.82. The zero-order valence-corrected chi connectivity index (χ0v) is 17.1. The van der Waals surface area contributed by atoms with Crippen LogP contribution in [0.15, 0.2) is 53.4 Å². The van der Waals surface area contributed by atoms with Gasteiger partial charge in [0.1, 0.15) is 5.75 Å². The van der Waals surface area contributed by atoms with Gasteiger partial charge < -0.3 is 14.6 Å². The summed E-state index contributed by atoms with van der Waals surface area (Å²) in [6.07, 6.45) is 1.58. The summed E-state index contributed by atoms with van der Waals surface area (Å²) in [5.41, 5.74) is 0.873. The molecule has 8 heteroatoms. The molecule has 3 rings (SSSR count). The molecule has 1 N–H and O–H groups in total. The molecule has 1 atom stereocenters. The van der Waals surface area contributed by atoms with Crippen molar-refractivity contribution in [2.24, 2.45) is 0 Å². The average molecular weight is 419 g/mol. The van der Waals surface area contributed by atoms with Crippen LogP contribution in [0.25, 0.3) is 0 Å². The Kier molecular flexibility index (Phi) is 6.89. The van der Waals surface area contributed by atoms with E-state index in [1.165, 1.54) is 28.6 Å². The average Bonchev–Trinajstić information content (AvgIpc) is 3.22. The van der Waals surface area contributed by atoms with Crippen molar-refractivity contribution in [1.29, 1.82) is 0 Å². The number of carbonyl (C=O) groups is 1. The van der Waals surface area contributed by atoms with Crippen LogP contribution in [0, 0.1) is 0 Å². The highest BCUT2D eigenvalue weighted by atomic mass is 32.2. The van der Waals surface area contributed by atoms with E-state index >= 15 is 0 Å². The van der Waals surface area contributed by atoms with Crippen molar-refractivity contribution < 1.29 is 27.8 Å². The van der Waals surface area contributed by atoms with Gasteiger partial charge in [0.25, 0.3) is 0 Å². The Morgan fingerprint density at radius 1 is 1.17 bits per heavy atom. The quantitative estimate of drug-likeness (QED) is 0.671. The van der Waals surface area contributed by atoms with Crippen molar-refractivity contribution in [3.05, 3.63) is 59.7 Å². The predicted molar refractivity (Wildman–Crippen MR) is 108 cm³/mol. The third-order valence-electron chi connectivity index (χ3n) is 4.76. The summed E-state index contributed by atoms with van der Waals surface area (Å²) >= 11 is 0. The van der Waals surface area contributed by atoms with E-state index in [2.05, 4.69) is 0 Å². The van der Waals surface area contributed by atoms with Gasteiger partial charge in [-0.05, 0) is 61.7 Å². The SMILES string of the molecule is CCOc1ccc(CN(CC2CCCO2)S(=O)(=O)c2ccc(C(=O)O)cc2)cc1. The van der Waals surface area contributed by atoms with Crippen LogP contribution < -0.4 is 4.74 Å². The van der Waals surface area contributed by atoms with Gasteiger partial charge in [-0.2, -0.15) is 4.31 Å². The van der Waals surface area contributed by atoms with E-state index in [0.29, 0.717) is 13.2 Å². The molecule has 1 fully saturated rings. The first-order valence-electron chi connectivity index (χ1n) is 9.57. The van der Waals surface area contributed by atoms with E-state index in [1.54, 1.807) is 0 Å². The van der Waals surface area contributed by atoms with E-state index in [0.717, 1.165) is 24.2 Å².